The Morgan fingerprint density at radius 2 is 2.10 bits per heavy atom. The topological polar surface area (TPSA) is 62.2 Å². The number of benzene rings is 1. The molecule has 0 aliphatic rings. The molecule has 2 N–H and O–H groups in total. The van der Waals surface area contributed by atoms with Gasteiger partial charge in [0.15, 0.2) is 0 Å². The van der Waals surface area contributed by atoms with Gasteiger partial charge in [0.05, 0.1) is 5.71 Å². The Hall–Kier alpha value is -0.730. The summed E-state index contributed by atoms with van der Waals surface area (Å²) in [4.78, 5) is 11.8. The Morgan fingerprint density at radius 3 is 2.60 bits per heavy atom. The highest BCUT2D eigenvalue weighted by Crippen LogP contribution is 2.25. The first-order valence-corrected chi connectivity index (χ1v) is 7.67. The average Bonchev–Trinajstić information content (AvgIpc) is 2.35. The van der Waals surface area contributed by atoms with Gasteiger partial charge >= 0.3 is 6.09 Å². The van der Waals surface area contributed by atoms with Crippen LogP contribution in [0.25, 0.3) is 0 Å². The van der Waals surface area contributed by atoms with E-state index in [1.165, 1.54) is 0 Å². The van der Waals surface area contributed by atoms with Gasteiger partial charge in [-0.1, -0.05) is 29.8 Å². The van der Waals surface area contributed by atoms with Gasteiger partial charge in [-0.15, -0.1) is 0 Å². The van der Waals surface area contributed by atoms with Gasteiger partial charge in [0, 0.05) is 45.8 Å². The molecule has 1 amide bonds. The second kappa shape index (κ2) is 7.90. The van der Waals surface area contributed by atoms with Crippen molar-refractivity contribution in [3.63, 3.8) is 0 Å². The SMILES string of the molecule is CC(=N)/C(NC(=O)O[C@H](C)c1ccccc1Cl)=C(\[SH2+])I. The van der Waals surface area contributed by atoms with E-state index < -0.39 is 12.2 Å². The molecule has 1 rings (SSSR count). The van der Waals surface area contributed by atoms with Crippen molar-refractivity contribution < 1.29 is 9.53 Å². The minimum atomic E-state index is -0.633. The number of halogens is 2. The first kappa shape index (κ1) is 17.3. The summed E-state index contributed by atoms with van der Waals surface area (Å²) in [7, 11) is 0. The van der Waals surface area contributed by atoms with Gasteiger partial charge in [0.25, 0.3) is 0 Å². The Bertz CT molecular complexity index is 559. The number of hydrogen-bond acceptors (Lipinski definition) is 3. The van der Waals surface area contributed by atoms with Crippen LogP contribution in [0, 0.1) is 5.41 Å². The predicted octanol–water partition coefficient (Wildman–Crippen LogP) is 3.78. The Balaban J connectivity index is 2.75. The van der Waals surface area contributed by atoms with Gasteiger partial charge in [0.1, 0.15) is 11.8 Å². The normalized spacial score (nSPS) is 13.2. The third-order valence-electron chi connectivity index (χ3n) is 2.45. The molecule has 0 radical (unpaired) electrons. The molecule has 0 spiro atoms. The van der Waals surface area contributed by atoms with Crippen LogP contribution in [0.3, 0.4) is 0 Å². The first-order chi connectivity index (χ1) is 9.32. The summed E-state index contributed by atoms with van der Waals surface area (Å²) >= 11 is 11.3. The number of alkyl carbamates (subject to hydrolysis) is 1. The third kappa shape index (κ3) is 4.99. The second-order valence-corrected chi connectivity index (χ2v) is 7.01. The van der Waals surface area contributed by atoms with Crippen LogP contribution in [-0.4, -0.2) is 11.8 Å². The average molecular weight is 426 g/mol. The lowest BCUT2D eigenvalue weighted by Gasteiger charge is -2.16. The largest absolute Gasteiger partial charge is 0.441 e. The van der Waals surface area contributed by atoms with Gasteiger partial charge in [-0.3, -0.25) is 5.32 Å². The summed E-state index contributed by atoms with van der Waals surface area (Å²) < 4.78 is 5.88. The molecule has 0 saturated heterocycles. The minimum absolute atomic E-state index is 0.228. The molecule has 0 unspecified atom stereocenters. The minimum Gasteiger partial charge on any atom is -0.441 e. The lowest BCUT2D eigenvalue weighted by Crippen LogP contribution is -2.28. The molecule has 0 aromatic heterocycles. The number of hydrogen-bond donors (Lipinski definition) is 2. The van der Waals surface area contributed by atoms with E-state index in [1.807, 2.05) is 34.7 Å². The lowest BCUT2D eigenvalue weighted by molar-refractivity contribution is 0.110. The van der Waals surface area contributed by atoms with Crippen LogP contribution >= 0.6 is 34.2 Å². The molecule has 1 aromatic carbocycles. The summed E-state index contributed by atoms with van der Waals surface area (Å²) in [6.45, 7) is 3.31. The Kier molecular flexibility index (Phi) is 6.84. The molecule has 20 heavy (non-hydrogen) atoms. The maximum atomic E-state index is 11.8. The van der Waals surface area contributed by atoms with Gasteiger partial charge in [-0.25, -0.2) is 4.79 Å². The number of carbonyl (C=O) groups excluding carboxylic acids is 1. The number of allylic oxidation sites excluding steroid dienone is 1. The van der Waals surface area contributed by atoms with Crippen molar-refractivity contribution >= 4 is 58.6 Å². The fraction of sp³-hybridized carbons (Fsp3) is 0.231. The van der Waals surface area contributed by atoms with Crippen molar-refractivity contribution in [3.8, 4) is 0 Å². The number of amides is 1. The molecule has 7 heteroatoms. The summed E-state index contributed by atoms with van der Waals surface area (Å²) in [5.41, 5.74) is 1.33. The van der Waals surface area contributed by atoms with E-state index >= 15 is 0 Å². The molecular formula is C13H15ClIN2O2S+. The van der Waals surface area contributed by atoms with Crippen LogP contribution < -0.4 is 5.32 Å². The number of ether oxygens (including phenoxy) is 1. The van der Waals surface area contributed by atoms with Crippen LogP contribution in [0.5, 0.6) is 0 Å². The van der Waals surface area contributed by atoms with Crippen molar-refractivity contribution in [2.24, 2.45) is 0 Å². The Labute approximate surface area is 142 Å². The van der Waals surface area contributed by atoms with Crippen molar-refractivity contribution in [2.45, 2.75) is 20.0 Å². The fourth-order valence-electron chi connectivity index (χ4n) is 1.47. The molecule has 0 aliphatic heterocycles. The predicted molar refractivity (Wildman–Crippen MR) is 94.1 cm³/mol. The van der Waals surface area contributed by atoms with E-state index in [1.54, 1.807) is 26.0 Å². The number of carbonyl (C=O) groups is 1. The molecule has 1 aromatic rings. The smallest absolute Gasteiger partial charge is 0.412 e. The van der Waals surface area contributed by atoms with E-state index in [4.69, 9.17) is 21.7 Å². The van der Waals surface area contributed by atoms with Crippen LogP contribution in [-0.2, 0) is 17.4 Å². The highest BCUT2D eigenvalue weighted by Gasteiger charge is 2.17. The second-order valence-electron chi connectivity index (χ2n) is 4.01. The maximum absolute atomic E-state index is 11.8. The summed E-state index contributed by atoms with van der Waals surface area (Å²) in [6, 6.07) is 7.17. The first-order valence-electron chi connectivity index (χ1n) is 5.72. The zero-order valence-electron chi connectivity index (χ0n) is 11.0. The maximum Gasteiger partial charge on any atom is 0.412 e. The van der Waals surface area contributed by atoms with Gasteiger partial charge in [-0.2, -0.15) is 0 Å². The highest BCUT2D eigenvalue weighted by molar-refractivity contribution is 14.1. The summed E-state index contributed by atoms with van der Waals surface area (Å²) in [5, 5.41) is 10.6. The lowest BCUT2D eigenvalue weighted by atomic mass is 10.1. The van der Waals surface area contributed by atoms with Crippen molar-refractivity contribution in [2.75, 3.05) is 0 Å². The van der Waals surface area contributed by atoms with E-state index in [0.29, 0.717) is 13.6 Å². The highest BCUT2D eigenvalue weighted by atomic mass is 127. The zero-order chi connectivity index (χ0) is 15.3. The fourth-order valence-corrected chi connectivity index (χ4v) is 2.55. The van der Waals surface area contributed by atoms with Crippen LogP contribution in [0.4, 0.5) is 4.79 Å². The van der Waals surface area contributed by atoms with Crippen LogP contribution in [0.15, 0.2) is 32.9 Å². The van der Waals surface area contributed by atoms with Gasteiger partial charge < -0.3 is 10.1 Å². The molecule has 0 saturated carbocycles. The molecular weight excluding hydrogens is 411 g/mol. The zero-order valence-corrected chi connectivity index (χ0v) is 14.9. The number of rotatable bonds is 4. The van der Waals surface area contributed by atoms with E-state index in [9.17, 15) is 4.79 Å². The van der Waals surface area contributed by atoms with E-state index in [0.717, 1.165) is 5.56 Å². The van der Waals surface area contributed by atoms with Gasteiger partial charge in [0.2, 0.25) is 2.91 Å². The van der Waals surface area contributed by atoms with E-state index in [-0.39, 0.29) is 5.71 Å². The van der Waals surface area contributed by atoms with Crippen molar-refractivity contribution in [3.05, 3.63) is 43.5 Å². The monoisotopic (exact) mass is 425 g/mol. The van der Waals surface area contributed by atoms with E-state index in [2.05, 4.69) is 17.9 Å². The molecule has 0 aliphatic carbocycles. The van der Waals surface area contributed by atoms with Crippen molar-refractivity contribution in [1.29, 1.82) is 5.41 Å². The molecule has 0 heterocycles. The van der Waals surface area contributed by atoms with Crippen LogP contribution in [0.2, 0.25) is 5.02 Å². The standard InChI is InChI=1S/C13H14ClIN2O2S/c1-7(16)11(12(15)20)17-13(18)19-8(2)9-5-3-4-6-10(9)14/h3-6,8,16,20H,1-2H3,(H,17,18)/p+1/b12-11+,16-7?/t8-/m1/s1. The molecule has 1 atom stereocenters. The third-order valence-corrected chi connectivity index (χ3v) is 3.58. The summed E-state index contributed by atoms with van der Waals surface area (Å²) in [5.74, 6) is 0. The van der Waals surface area contributed by atoms with Crippen LogP contribution in [0.1, 0.15) is 25.5 Å². The molecule has 108 valence electrons. The molecule has 0 bridgehead atoms. The van der Waals surface area contributed by atoms with Gasteiger partial charge in [-0.05, 0) is 19.9 Å². The van der Waals surface area contributed by atoms with Crippen molar-refractivity contribution in [1.82, 2.24) is 5.32 Å². The molecule has 4 nitrogen and oxygen atoms in total. The molecule has 0 fully saturated rings. The Morgan fingerprint density at radius 1 is 1.50 bits per heavy atom. The summed E-state index contributed by atoms with van der Waals surface area (Å²) in [6.07, 6.45) is -1.12. The number of nitrogens with one attached hydrogen (secondary N) is 2. The quantitative estimate of drug-likeness (QED) is 0.438.